The van der Waals surface area contributed by atoms with Gasteiger partial charge in [0, 0.05) is 38.1 Å². The van der Waals surface area contributed by atoms with Gasteiger partial charge in [-0.2, -0.15) is 0 Å². The lowest BCUT2D eigenvalue weighted by molar-refractivity contribution is 0.133. The van der Waals surface area contributed by atoms with Gasteiger partial charge in [0.25, 0.3) is 0 Å². The lowest BCUT2D eigenvalue weighted by Gasteiger charge is -2.34. The first kappa shape index (κ1) is 13.8. The van der Waals surface area contributed by atoms with Crippen LogP contribution in [0.5, 0.6) is 0 Å². The molecule has 0 atom stereocenters. The van der Waals surface area contributed by atoms with E-state index < -0.39 is 0 Å². The van der Waals surface area contributed by atoms with E-state index in [2.05, 4.69) is 30.6 Å². The maximum absolute atomic E-state index is 3.52. The second-order valence-corrected chi connectivity index (χ2v) is 6.07. The molecule has 3 nitrogen and oxygen atoms in total. The molecule has 2 saturated heterocycles. The maximum atomic E-state index is 3.52. The molecule has 2 aliphatic heterocycles. The van der Waals surface area contributed by atoms with Crippen LogP contribution in [0.4, 0.5) is 0 Å². The summed E-state index contributed by atoms with van der Waals surface area (Å²) in [5, 5.41) is 1.11. The highest BCUT2D eigenvalue weighted by atomic mass is 79.9. The van der Waals surface area contributed by atoms with Crippen molar-refractivity contribution in [3.63, 3.8) is 0 Å². The number of likely N-dealkylation sites (tertiary alicyclic amines) is 1. The van der Waals surface area contributed by atoms with Crippen LogP contribution in [-0.4, -0.2) is 78.9 Å². The zero-order chi connectivity index (χ0) is 11.9. The van der Waals surface area contributed by atoms with E-state index in [0.29, 0.717) is 0 Å². The van der Waals surface area contributed by atoms with Gasteiger partial charge in [-0.05, 0) is 45.4 Å². The smallest absolute Gasteiger partial charge is 0.0159 e. The maximum Gasteiger partial charge on any atom is 0.0159 e. The molecule has 0 saturated carbocycles. The fraction of sp³-hybridized carbons (Fsp3) is 1.00. The van der Waals surface area contributed by atoms with Crippen molar-refractivity contribution in [2.45, 2.75) is 19.3 Å². The van der Waals surface area contributed by atoms with Crippen LogP contribution in [0, 0.1) is 0 Å². The molecular formula is C13H26BrN3. The quantitative estimate of drug-likeness (QED) is 0.688. The van der Waals surface area contributed by atoms with Crippen LogP contribution in [0.25, 0.3) is 0 Å². The second-order valence-electron chi connectivity index (χ2n) is 5.27. The molecule has 0 aliphatic carbocycles. The topological polar surface area (TPSA) is 9.72 Å². The van der Waals surface area contributed by atoms with E-state index in [9.17, 15) is 0 Å². The average Bonchev–Trinajstić information content (AvgIpc) is 2.85. The number of halogens is 1. The Labute approximate surface area is 114 Å². The van der Waals surface area contributed by atoms with Crippen molar-refractivity contribution in [2.24, 2.45) is 0 Å². The van der Waals surface area contributed by atoms with Crippen molar-refractivity contribution in [3.8, 4) is 0 Å². The van der Waals surface area contributed by atoms with E-state index in [1.54, 1.807) is 0 Å². The molecule has 0 radical (unpaired) electrons. The Morgan fingerprint density at radius 2 is 1.12 bits per heavy atom. The fourth-order valence-electron chi connectivity index (χ4n) is 2.88. The van der Waals surface area contributed by atoms with Crippen molar-refractivity contribution < 1.29 is 0 Å². The molecule has 0 spiro atoms. The molecule has 2 fully saturated rings. The highest BCUT2D eigenvalue weighted by molar-refractivity contribution is 9.09. The summed E-state index contributed by atoms with van der Waals surface area (Å²) < 4.78 is 0. The highest BCUT2D eigenvalue weighted by Gasteiger charge is 2.16. The Balaban J connectivity index is 1.52. The molecule has 0 N–H and O–H groups in total. The zero-order valence-electron chi connectivity index (χ0n) is 10.9. The number of alkyl halides is 1. The van der Waals surface area contributed by atoms with E-state index >= 15 is 0 Å². The molecule has 4 heteroatoms. The highest BCUT2D eigenvalue weighted by Crippen LogP contribution is 2.08. The average molecular weight is 304 g/mol. The SMILES string of the molecule is BrCCN1CCN(CCCN2CCCC2)CC1. The first-order valence-electron chi connectivity index (χ1n) is 7.11. The monoisotopic (exact) mass is 303 g/mol. The van der Waals surface area contributed by atoms with E-state index in [0.717, 1.165) is 5.33 Å². The summed E-state index contributed by atoms with van der Waals surface area (Å²) in [5.74, 6) is 0. The number of piperazine rings is 1. The summed E-state index contributed by atoms with van der Waals surface area (Å²) >= 11 is 3.52. The van der Waals surface area contributed by atoms with Crippen LogP contribution in [0.3, 0.4) is 0 Å². The molecule has 17 heavy (non-hydrogen) atoms. The minimum absolute atomic E-state index is 1.11. The molecular weight excluding hydrogens is 278 g/mol. The minimum atomic E-state index is 1.11. The van der Waals surface area contributed by atoms with Gasteiger partial charge in [-0.25, -0.2) is 0 Å². The molecule has 2 rings (SSSR count). The van der Waals surface area contributed by atoms with Crippen LogP contribution in [-0.2, 0) is 0 Å². The number of nitrogens with zero attached hydrogens (tertiary/aromatic N) is 3. The lowest BCUT2D eigenvalue weighted by Crippen LogP contribution is -2.47. The first-order valence-corrected chi connectivity index (χ1v) is 8.23. The van der Waals surface area contributed by atoms with Gasteiger partial charge in [0.05, 0.1) is 0 Å². The molecule has 0 aromatic carbocycles. The Hall–Kier alpha value is 0.360. The van der Waals surface area contributed by atoms with E-state index in [1.807, 2.05) is 0 Å². The van der Waals surface area contributed by atoms with Crippen LogP contribution in [0.15, 0.2) is 0 Å². The van der Waals surface area contributed by atoms with Crippen LogP contribution >= 0.6 is 15.9 Å². The predicted octanol–water partition coefficient (Wildman–Crippen LogP) is 1.48. The third-order valence-electron chi connectivity index (χ3n) is 4.01. The summed E-state index contributed by atoms with van der Waals surface area (Å²) in [7, 11) is 0. The van der Waals surface area contributed by atoms with Crippen LogP contribution in [0.1, 0.15) is 19.3 Å². The molecule has 0 aromatic rings. The zero-order valence-corrected chi connectivity index (χ0v) is 12.5. The van der Waals surface area contributed by atoms with E-state index in [4.69, 9.17) is 0 Å². The van der Waals surface area contributed by atoms with E-state index in [-0.39, 0.29) is 0 Å². The van der Waals surface area contributed by atoms with Gasteiger partial charge in [0.1, 0.15) is 0 Å². The van der Waals surface area contributed by atoms with Gasteiger partial charge in [-0.15, -0.1) is 0 Å². The normalized spacial score (nSPS) is 24.5. The lowest BCUT2D eigenvalue weighted by atomic mass is 10.3. The van der Waals surface area contributed by atoms with Crippen molar-refractivity contribution in [1.82, 2.24) is 14.7 Å². The molecule has 0 unspecified atom stereocenters. The molecule has 2 aliphatic rings. The molecule has 0 amide bonds. The third-order valence-corrected chi connectivity index (χ3v) is 4.37. The van der Waals surface area contributed by atoms with Crippen LogP contribution in [0.2, 0.25) is 0 Å². The van der Waals surface area contributed by atoms with Gasteiger partial charge >= 0.3 is 0 Å². The van der Waals surface area contributed by atoms with E-state index in [1.165, 1.54) is 78.2 Å². The minimum Gasteiger partial charge on any atom is -0.303 e. The number of rotatable bonds is 6. The Kier molecular flexibility index (Phi) is 6.26. The second kappa shape index (κ2) is 7.72. The summed E-state index contributed by atoms with van der Waals surface area (Å²) in [5.41, 5.74) is 0. The number of hydrogen-bond donors (Lipinski definition) is 0. The fourth-order valence-corrected chi connectivity index (χ4v) is 3.38. The van der Waals surface area contributed by atoms with Gasteiger partial charge in [0.15, 0.2) is 0 Å². The van der Waals surface area contributed by atoms with Crippen molar-refractivity contribution in [1.29, 1.82) is 0 Å². The number of hydrogen-bond acceptors (Lipinski definition) is 3. The third kappa shape index (κ3) is 4.86. The standard InChI is InChI=1S/C13H26BrN3/c14-4-9-17-12-10-16(11-13-17)8-3-7-15-5-1-2-6-15/h1-13H2. The van der Waals surface area contributed by atoms with Crippen LogP contribution < -0.4 is 0 Å². The molecule has 0 bridgehead atoms. The molecule has 0 aromatic heterocycles. The summed E-state index contributed by atoms with van der Waals surface area (Å²) in [4.78, 5) is 7.83. The van der Waals surface area contributed by atoms with Crippen molar-refractivity contribution >= 4 is 15.9 Å². The van der Waals surface area contributed by atoms with Gasteiger partial charge < -0.3 is 9.80 Å². The summed E-state index contributed by atoms with van der Waals surface area (Å²) in [6.45, 7) is 11.6. The van der Waals surface area contributed by atoms with Gasteiger partial charge in [-0.3, -0.25) is 4.90 Å². The van der Waals surface area contributed by atoms with Gasteiger partial charge in [0.2, 0.25) is 0 Å². The van der Waals surface area contributed by atoms with Gasteiger partial charge in [-0.1, -0.05) is 15.9 Å². The summed E-state index contributed by atoms with van der Waals surface area (Å²) in [6, 6.07) is 0. The molecule has 100 valence electrons. The molecule has 2 heterocycles. The predicted molar refractivity (Wildman–Crippen MR) is 77.0 cm³/mol. The Morgan fingerprint density at radius 1 is 0.647 bits per heavy atom. The van der Waals surface area contributed by atoms with Crippen molar-refractivity contribution in [3.05, 3.63) is 0 Å². The Morgan fingerprint density at radius 3 is 1.65 bits per heavy atom. The van der Waals surface area contributed by atoms with Crippen molar-refractivity contribution in [2.75, 3.05) is 64.2 Å². The first-order chi connectivity index (χ1) is 8.38. The largest absolute Gasteiger partial charge is 0.303 e. The summed E-state index contributed by atoms with van der Waals surface area (Å²) in [6.07, 6.45) is 4.20. The Bertz CT molecular complexity index is 199.